The van der Waals surface area contributed by atoms with E-state index >= 15 is 0 Å². The van der Waals surface area contributed by atoms with Gasteiger partial charge < -0.3 is 10.2 Å². The third kappa shape index (κ3) is 5.12. The maximum Gasteiger partial charge on any atom is 0.501 e. The number of anilines is 2. The van der Waals surface area contributed by atoms with E-state index in [0.29, 0.717) is 25.4 Å². The summed E-state index contributed by atoms with van der Waals surface area (Å²) >= 11 is 0. The molecule has 10 heteroatoms. The second-order valence-electron chi connectivity index (χ2n) is 8.64. The van der Waals surface area contributed by atoms with Gasteiger partial charge in [-0.3, -0.25) is 4.90 Å². The first kappa shape index (κ1) is 23.3. The summed E-state index contributed by atoms with van der Waals surface area (Å²) in [5, 5.41) is 3.28. The maximum atomic E-state index is 12.8. The van der Waals surface area contributed by atoms with Crippen LogP contribution in [0.4, 0.5) is 24.7 Å². The number of sulfone groups is 1. The molecular formula is C21H27F3N4O2S. The molecular weight excluding hydrogens is 429 g/mol. The molecule has 2 aromatic rings. The molecule has 31 heavy (non-hydrogen) atoms. The molecule has 1 aromatic carbocycles. The van der Waals surface area contributed by atoms with Crippen molar-refractivity contribution in [2.45, 2.75) is 56.2 Å². The minimum absolute atomic E-state index is 0.189. The van der Waals surface area contributed by atoms with E-state index in [1.54, 1.807) is 6.20 Å². The lowest BCUT2D eigenvalue weighted by molar-refractivity contribution is -0.0436. The predicted octanol–water partition coefficient (Wildman–Crippen LogP) is 4.25. The third-order valence-electron chi connectivity index (χ3n) is 5.23. The quantitative estimate of drug-likeness (QED) is 0.701. The van der Waals surface area contributed by atoms with Gasteiger partial charge in [0.15, 0.2) is 0 Å². The summed E-state index contributed by atoms with van der Waals surface area (Å²) in [5.41, 5.74) is -3.73. The molecule has 1 saturated heterocycles. The van der Waals surface area contributed by atoms with Crippen LogP contribution in [0.2, 0.25) is 0 Å². The van der Waals surface area contributed by atoms with Crippen molar-refractivity contribution in [1.82, 2.24) is 9.88 Å². The summed E-state index contributed by atoms with van der Waals surface area (Å²) < 4.78 is 61.5. The fourth-order valence-corrected chi connectivity index (χ4v) is 4.35. The molecule has 1 aliphatic heterocycles. The molecule has 0 spiro atoms. The van der Waals surface area contributed by atoms with Gasteiger partial charge in [-0.25, -0.2) is 13.4 Å². The van der Waals surface area contributed by atoms with Gasteiger partial charge in [-0.2, -0.15) is 13.2 Å². The van der Waals surface area contributed by atoms with E-state index in [9.17, 15) is 21.6 Å². The van der Waals surface area contributed by atoms with Gasteiger partial charge in [0.25, 0.3) is 9.84 Å². The molecule has 0 radical (unpaired) electrons. The van der Waals surface area contributed by atoms with Gasteiger partial charge in [0.2, 0.25) is 0 Å². The predicted molar refractivity (Wildman–Crippen MR) is 115 cm³/mol. The molecule has 6 nitrogen and oxygen atoms in total. The SMILES string of the molecule is CC(C)Nc1cc(CN2CN(c3ccc(S(=O)(=O)C(F)(F)F)cc3)CC2(C)C)ccn1. The van der Waals surface area contributed by atoms with Gasteiger partial charge in [0.1, 0.15) is 5.82 Å². The van der Waals surface area contributed by atoms with Crippen molar-refractivity contribution in [2.75, 3.05) is 23.4 Å². The van der Waals surface area contributed by atoms with Crippen molar-refractivity contribution < 1.29 is 21.6 Å². The number of nitrogens with one attached hydrogen (secondary N) is 1. The Morgan fingerprint density at radius 2 is 1.81 bits per heavy atom. The van der Waals surface area contributed by atoms with Crippen LogP contribution in [0.15, 0.2) is 47.5 Å². The lowest BCUT2D eigenvalue weighted by Crippen LogP contribution is -2.39. The molecule has 0 aliphatic carbocycles. The average Bonchev–Trinajstić information content (AvgIpc) is 2.95. The zero-order valence-corrected chi connectivity index (χ0v) is 18.8. The Hall–Kier alpha value is -2.33. The van der Waals surface area contributed by atoms with Gasteiger partial charge in [-0.15, -0.1) is 0 Å². The Morgan fingerprint density at radius 3 is 2.39 bits per heavy atom. The van der Waals surface area contributed by atoms with Crippen LogP contribution in [0.5, 0.6) is 0 Å². The van der Waals surface area contributed by atoms with Gasteiger partial charge in [-0.1, -0.05) is 0 Å². The monoisotopic (exact) mass is 456 g/mol. The molecule has 0 saturated carbocycles. The molecule has 0 atom stereocenters. The van der Waals surface area contributed by atoms with Crippen LogP contribution in [0.3, 0.4) is 0 Å². The molecule has 0 amide bonds. The molecule has 1 aliphatic rings. The number of aromatic nitrogens is 1. The smallest absolute Gasteiger partial charge is 0.368 e. The van der Waals surface area contributed by atoms with Crippen LogP contribution in [0.25, 0.3) is 0 Å². The first-order valence-electron chi connectivity index (χ1n) is 9.92. The zero-order chi connectivity index (χ0) is 23.0. The van der Waals surface area contributed by atoms with Crippen molar-refractivity contribution in [3.63, 3.8) is 0 Å². The van der Waals surface area contributed by atoms with Crippen LogP contribution in [0, 0.1) is 0 Å². The lowest BCUT2D eigenvalue weighted by atomic mass is 10.0. The highest BCUT2D eigenvalue weighted by Gasteiger charge is 2.47. The van der Waals surface area contributed by atoms with Crippen molar-refractivity contribution in [3.05, 3.63) is 48.2 Å². The second-order valence-corrected chi connectivity index (χ2v) is 10.6. The average molecular weight is 457 g/mol. The molecule has 2 heterocycles. The minimum Gasteiger partial charge on any atom is -0.368 e. The number of hydrogen-bond acceptors (Lipinski definition) is 6. The Bertz CT molecular complexity index is 1020. The number of pyridine rings is 1. The maximum absolute atomic E-state index is 12.8. The number of benzene rings is 1. The highest BCUT2D eigenvalue weighted by Crippen LogP contribution is 2.33. The van der Waals surface area contributed by atoms with E-state index in [2.05, 4.69) is 29.0 Å². The third-order valence-corrected chi connectivity index (χ3v) is 6.73. The molecule has 1 fully saturated rings. The second kappa shape index (κ2) is 8.31. The first-order chi connectivity index (χ1) is 14.3. The largest absolute Gasteiger partial charge is 0.501 e. The number of alkyl halides is 3. The molecule has 3 rings (SSSR count). The van der Waals surface area contributed by atoms with Gasteiger partial charge in [0, 0.05) is 36.6 Å². The normalized spacial score (nSPS) is 17.4. The molecule has 0 bridgehead atoms. The molecule has 1 aromatic heterocycles. The van der Waals surface area contributed by atoms with Crippen LogP contribution in [-0.4, -0.2) is 48.6 Å². The fourth-order valence-electron chi connectivity index (χ4n) is 3.59. The van der Waals surface area contributed by atoms with Gasteiger partial charge >= 0.3 is 5.51 Å². The van der Waals surface area contributed by atoms with Crippen molar-refractivity contribution in [1.29, 1.82) is 0 Å². The summed E-state index contributed by atoms with van der Waals surface area (Å²) in [6.07, 6.45) is 1.76. The molecule has 0 unspecified atom stereocenters. The van der Waals surface area contributed by atoms with Gasteiger partial charge in [-0.05, 0) is 69.7 Å². The summed E-state index contributed by atoms with van der Waals surface area (Å²) in [6, 6.07) is 9.12. The van der Waals surface area contributed by atoms with Crippen molar-refractivity contribution in [3.8, 4) is 0 Å². The molecule has 1 N–H and O–H groups in total. The fraction of sp³-hybridized carbons (Fsp3) is 0.476. The van der Waals surface area contributed by atoms with E-state index in [-0.39, 0.29) is 11.6 Å². The summed E-state index contributed by atoms with van der Waals surface area (Å²) in [4.78, 5) is 7.87. The van der Waals surface area contributed by atoms with E-state index in [1.165, 1.54) is 12.1 Å². The summed E-state index contributed by atoms with van der Waals surface area (Å²) in [5.74, 6) is 0.808. The Labute approximate surface area is 181 Å². The zero-order valence-electron chi connectivity index (χ0n) is 17.9. The van der Waals surface area contributed by atoms with E-state index in [0.717, 1.165) is 23.5 Å². The van der Waals surface area contributed by atoms with Crippen molar-refractivity contribution >= 4 is 21.3 Å². The number of rotatable bonds is 6. The van der Waals surface area contributed by atoms with Gasteiger partial charge in [0.05, 0.1) is 11.6 Å². The Morgan fingerprint density at radius 1 is 1.16 bits per heavy atom. The van der Waals surface area contributed by atoms with E-state index < -0.39 is 20.2 Å². The minimum atomic E-state index is -5.34. The number of hydrogen-bond donors (Lipinski definition) is 1. The van der Waals surface area contributed by atoms with Crippen LogP contribution in [-0.2, 0) is 16.4 Å². The Balaban J connectivity index is 1.75. The number of nitrogens with zero attached hydrogens (tertiary/aromatic N) is 3. The molecule has 170 valence electrons. The van der Waals surface area contributed by atoms with Crippen LogP contribution < -0.4 is 10.2 Å². The lowest BCUT2D eigenvalue weighted by Gasteiger charge is -2.29. The van der Waals surface area contributed by atoms with E-state index in [1.807, 2.05) is 30.9 Å². The first-order valence-corrected chi connectivity index (χ1v) is 11.4. The van der Waals surface area contributed by atoms with Crippen molar-refractivity contribution in [2.24, 2.45) is 0 Å². The van der Waals surface area contributed by atoms with E-state index in [4.69, 9.17) is 0 Å². The van der Waals surface area contributed by atoms with Crippen LogP contribution >= 0.6 is 0 Å². The highest BCUT2D eigenvalue weighted by molar-refractivity contribution is 7.92. The topological polar surface area (TPSA) is 65.5 Å². The highest BCUT2D eigenvalue weighted by atomic mass is 32.2. The standard InChI is InChI=1S/C21H27F3N4O2S/c1-15(2)26-19-11-16(9-10-25-19)12-28-14-27(13-20(28,3)4)17-5-7-18(8-6-17)31(29,30)21(22,23)24/h5-11,15H,12-14H2,1-4H3,(H,25,26). The summed E-state index contributed by atoms with van der Waals surface area (Å²) in [7, 11) is -5.34. The number of halogens is 3. The Kier molecular flexibility index (Phi) is 6.25. The summed E-state index contributed by atoms with van der Waals surface area (Å²) in [6.45, 7) is 10.2. The van der Waals surface area contributed by atoms with Crippen LogP contribution in [0.1, 0.15) is 33.3 Å².